The summed E-state index contributed by atoms with van der Waals surface area (Å²) in [6.07, 6.45) is 1.38. The van der Waals surface area contributed by atoms with Gasteiger partial charge in [-0.2, -0.15) is 0 Å². The Balaban J connectivity index is 1.49. The number of imidazole rings is 1. The third-order valence-corrected chi connectivity index (χ3v) is 7.09. The number of hydrogen-bond acceptors (Lipinski definition) is 7. The highest BCUT2D eigenvalue weighted by atomic mass is 79.9. The molecule has 2 saturated heterocycles. The quantitative estimate of drug-likeness (QED) is 0.508. The number of anilines is 1. The zero-order valence-electron chi connectivity index (χ0n) is 17.1. The number of halogens is 2. The molecule has 1 amide bonds. The van der Waals surface area contributed by atoms with Gasteiger partial charge >= 0.3 is 0 Å². The number of carbonyl (C=O) groups excluding carboxylic acids is 1. The Kier molecular flexibility index (Phi) is 5.62. The lowest BCUT2D eigenvalue weighted by molar-refractivity contribution is -0.191. The van der Waals surface area contributed by atoms with E-state index in [1.54, 1.807) is 40.1 Å². The van der Waals surface area contributed by atoms with Crippen LogP contribution < -0.4 is 5.32 Å². The first kappa shape index (κ1) is 21.7. The maximum atomic E-state index is 12.6. The van der Waals surface area contributed by atoms with Crippen molar-refractivity contribution in [2.45, 2.75) is 44.2 Å². The monoisotopic (exact) mass is 563 g/mol. The number of rotatable bonds is 4. The van der Waals surface area contributed by atoms with E-state index in [4.69, 9.17) is 14.2 Å². The standard InChI is InChI=1S/C21H19Br2N5O4/c1-21(2)31-15-14(12(23)8-22)30-20(16(15)32-21)28-10-26-13-17(24-9-25-18(13)28)27-19(29)11-6-4-3-5-7-11/h3-10,14-16,20H,1-2H3,(H,24,25,27,29)/b12-8+/t14-,15-,16-,20-/m1/s1. The molecule has 0 radical (unpaired) electrons. The summed E-state index contributed by atoms with van der Waals surface area (Å²) in [4.78, 5) is 27.4. The largest absolute Gasteiger partial charge is 0.344 e. The zero-order chi connectivity index (χ0) is 22.5. The lowest BCUT2D eigenvalue weighted by Crippen LogP contribution is -2.29. The fourth-order valence-corrected chi connectivity index (χ4v) is 4.61. The number of benzene rings is 1. The number of hydrogen-bond donors (Lipinski definition) is 1. The Bertz CT molecular complexity index is 1200. The van der Waals surface area contributed by atoms with Gasteiger partial charge in [-0.05, 0) is 31.0 Å². The molecule has 0 bridgehead atoms. The van der Waals surface area contributed by atoms with Gasteiger partial charge in [0.25, 0.3) is 5.91 Å². The van der Waals surface area contributed by atoms with Gasteiger partial charge in [-0.3, -0.25) is 9.36 Å². The molecule has 11 heteroatoms. The Labute approximate surface area is 200 Å². The minimum atomic E-state index is -0.755. The van der Waals surface area contributed by atoms with Gasteiger partial charge in [0.2, 0.25) is 0 Å². The summed E-state index contributed by atoms with van der Waals surface area (Å²) in [5.74, 6) is -0.715. The summed E-state index contributed by atoms with van der Waals surface area (Å²) in [7, 11) is 0. The fraction of sp³-hybridized carbons (Fsp3) is 0.333. The van der Waals surface area contributed by atoms with Crippen molar-refractivity contribution < 1.29 is 19.0 Å². The van der Waals surface area contributed by atoms with Gasteiger partial charge in [0.15, 0.2) is 29.0 Å². The molecule has 1 N–H and O–H groups in total. The molecule has 2 aliphatic rings. The Morgan fingerprint density at radius 1 is 1.16 bits per heavy atom. The van der Waals surface area contributed by atoms with E-state index in [0.717, 1.165) is 4.48 Å². The van der Waals surface area contributed by atoms with Crippen LogP contribution in [-0.2, 0) is 14.2 Å². The minimum Gasteiger partial charge on any atom is -0.344 e. The average Bonchev–Trinajstić information content (AvgIpc) is 3.44. The van der Waals surface area contributed by atoms with Gasteiger partial charge < -0.3 is 19.5 Å². The summed E-state index contributed by atoms with van der Waals surface area (Å²) < 4.78 is 21.2. The minimum absolute atomic E-state index is 0.280. The lowest BCUT2D eigenvalue weighted by atomic mass is 10.1. The Morgan fingerprint density at radius 3 is 2.66 bits per heavy atom. The van der Waals surface area contributed by atoms with Gasteiger partial charge in [0, 0.05) is 10.0 Å². The van der Waals surface area contributed by atoms with Gasteiger partial charge in [-0.25, -0.2) is 15.0 Å². The predicted octanol–water partition coefficient (Wildman–Crippen LogP) is 4.13. The maximum Gasteiger partial charge on any atom is 0.256 e. The van der Waals surface area contributed by atoms with Crippen LogP contribution >= 0.6 is 31.9 Å². The molecule has 2 aromatic heterocycles. The molecule has 4 heterocycles. The molecule has 0 saturated carbocycles. The second-order valence-electron chi connectivity index (χ2n) is 7.87. The van der Waals surface area contributed by atoms with Crippen LogP contribution in [0, 0.1) is 0 Å². The van der Waals surface area contributed by atoms with Crippen LogP contribution in [0.25, 0.3) is 11.2 Å². The SMILES string of the molecule is CC1(C)O[C@@H]2[C@H](O1)[C@@H](/C(Br)=C\Br)O[C@H]2n1cnc2c(NC(=O)c3ccccc3)ncnc21. The van der Waals surface area contributed by atoms with Crippen LogP contribution in [0.15, 0.2) is 52.5 Å². The van der Waals surface area contributed by atoms with Crippen LogP contribution in [0.4, 0.5) is 5.82 Å². The number of ether oxygens (including phenoxy) is 3. The van der Waals surface area contributed by atoms with Crippen LogP contribution in [0.2, 0.25) is 0 Å². The van der Waals surface area contributed by atoms with Crippen molar-refractivity contribution >= 4 is 54.7 Å². The summed E-state index contributed by atoms with van der Waals surface area (Å²) in [6.45, 7) is 3.74. The normalized spacial score (nSPS) is 26.9. The van der Waals surface area contributed by atoms with Crippen molar-refractivity contribution in [3.05, 3.63) is 58.0 Å². The predicted molar refractivity (Wildman–Crippen MR) is 123 cm³/mol. The van der Waals surface area contributed by atoms with E-state index in [0.29, 0.717) is 22.5 Å². The Hall–Kier alpha value is -2.18. The molecule has 2 fully saturated rings. The second kappa shape index (κ2) is 8.31. The van der Waals surface area contributed by atoms with E-state index in [-0.39, 0.29) is 24.2 Å². The highest BCUT2D eigenvalue weighted by Crippen LogP contribution is 2.46. The van der Waals surface area contributed by atoms with Gasteiger partial charge in [-0.15, -0.1) is 0 Å². The lowest BCUT2D eigenvalue weighted by Gasteiger charge is -2.24. The van der Waals surface area contributed by atoms with Crippen LogP contribution in [0.5, 0.6) is 0 Å². The molecule has 166 valence electrons. The third-order valence-electron chi connectivity index (χ3n) is 5.31. The zero-order valence-corrected chi connectivity index (χ0v) is 20.3. The Morgan fingerprint density at radius 2 is 1.91 bits per heavy atom. The molecule has 1 aromatic carbocycles. The van der Waals surface area contributed by atoms with Crippen LogP contribution in [-0.4, -0.2) is 49.5 Å². The van der Waals surface area contributed by atoms with E-state index < -0.39 is 12.0 Å². The van der Waals surface area contributed by atoms with Crippen molar-refractivity contribution in [3.63, 3.8) is 0 Å². The number of carbonyl (C=O) groups is 1. The van der Waals surface area contributed by atoms with Crippen LogP contribution in [0.1, 0.15) is 30.4 Å². The average molecular weight is 565 g/mol. The topological polar surface area (TPSA) is 100 Å². The van der Waals surface area contributed by atoms with Crippen molar-refractivity contribution in [2.75, 3.05) is 5.32 Å². The highest BCUT2D eigenvalue weighted by molar-refractivity contribution is 9.14. The van der Waals surface area contributed by atoms with E-state index in [9.17, 15) is 4.79 Å². The molecule has 4 atom stereocenters. The number of nitrogens with one attached hydrogen (secondary N) is 1. The van der Waals surface area contributed by atoms with Crippen molar-refractivity contribution in [1.29, 1.82) is 0 Å². The molecule has 2 aliphatic heterocycles. The molecular weight excluding hydrogens is 546 g/mol. The number of nitrogens with zero attached hydrogens (tertiary/aromatic N) is 4. The van der Waals surface area contributed by atoms with Crippen molar-refractivity contribution in [2.24, 2.45) is 0 Å². The number of aromatic nitrogens is 4. The molecule has 3 aromatic rings. The molecule has 0 unspecified atom stereocenters. The fourth-order valence-electron chi connectivity index (χ4n) is 3.98. The van der Waals surface area contributed by atoms with Gasteiger partial charge in [0.05, 0.1) is 6.33 Å². The third kappa shape index (κ3) is 3.77. The smallest absolute Gasteiger partial charge is 0.256 e. The molecule has 0 spiro atoms. The summed E-state index contributed by atoms with van der Waals surface area (Å²) in [6, 6.07) is 8.91. The number of fused-ring (bicyclic) bond motifs is 2. The van der Waals surface area contributed by atoms with E-state index in [2.05, 4.69) is 52.1 Å². The van der Waals surface area contributed by atoms with E-state index in [1.807, 2.05) is 19.9 Å². The van der Waals surface area contributed by atoms with Crippen molar-refractivity contribution in [1.82, 2.24) is 19.5 Å². The van der Waals surface area contributed by atoms with Gasteiger partial charge in [0.1, 0.15) is 24.6 Å². The van der Waals surface area contributed by atoms with Gasteiger partial charge in [-0.1, -0.05) is 50.1 Å². The van der Waals surface area contributed by atoms with Crippen molar-refractivity contribution in [3.8, 4) is 0 Å². The molecular formula is C21H19Br2N5O4. The highest BCUT2D eigenvalue weighted by Gasteiger charge is 2.56. The number of amides is 1. The second-order valence-corrected chi connectivity index (χ2v) is 9.25. The van der Waals surface area contributed by atoms with Crippen LogP contribution in [0.3, 0.4) is 0 Å². The summed E-state index contributed by atoms with van der Waals surface area (Å²) in [5.41, 5.74) is 1.49. The maximum absolute atomic E-state index is 12.6. The van der Waals surface area contributed by atoms with E-state index >= 15 is 0 Å². The van der Waals surface area contributed by atoms with E-state index in [1.165, 1.54) is 6.33 Å². The molecule has 32 heavy (non-hydrogen) atoms. The summed E-state index contributed by atoms with van der Waals surface area (Å²) >= 11 is 6.88. The summed E-state index contributed by atoms with van der Waals surface area (Å²) in [5, 5.41) is 2.82. The first-order chi connectivity index (χ1) is 15.4. The molecule has 9 nitrogen and oxygen atoms in total. The first-order valence-corrected chi connectivity index (χ1v) is 11.6. The molecule has 5 rings (SSSR count). The first-order valence-electron chi connectivity index (χ1n) is 9.89. The molecule has 0 aliphatic carbocycles.